The summed E-state index contributed by atoms with van der Waals surface area (Å²) in [4.78, 5) is 21.6. The van der Waals surface area contributed by atoms with Gasteiger partial charge in [-0.25, -0.2) is 4.57 Å². The van der Waals surface area contributed by atoms with E-state index < -0.39 is 22.8 Å². The molecule has 0 aromatic heterocycles. The van der Waals surface area contributed by atoms with Gasteiger partial charge in [-0.1, -0.05) is 0 Å². The third-order valence-electron chi connectivity index (χ3n) is 0. The molecule has 3 N–H and O–H groups in total. The van der Waals surface area contributed by atoms with Crippen LogP contribution in [0, 0.1) is 0 Å². The molecule has 0 amide bonds. The summed E-state index contributed by atoms with van der Waals surface area (Å²) in [5.41, 5.74) is 0. The van der Waals surface area contributed by atoms with Crippen LogP contribution in [0.1, 0.15) is 0 Å². The second kappa shape index (κ2) is 8.50. The molecular formula is H4CoF3NaO4P. The number of phosphoric acid groups is 1. The van der Waals surface area contributed by atoms with Crippen LogP contribution in [0.25, 0.3) is 0 Å². The van der Waals surface area contributed by atoms with Gasteiger partial charge in [-0.3, -0.25) is 0 Å². The van der Waals surface area contributed by atoms with Gasteiger partial charge in [0.2, 0.25) is 0 Å². The van der Waals surface area contributed by atoms with Crippen LogP contribution in [-0.4, -0.2) is 44.2 Å². The van der Waals surface area contributed by atoms with Gasteiger partial charge >= 0.3 is 63.1 Å². The Morgan fingerprint density at radius 3 is 1.10 bits per heavy atom. The minimum atomic E-state index is -4.64. The van der Waals surface area contributed by atoms with E-state index in [-0.39, 0.29) is 29.6 Å². The maximum absolute atomic E-state index is 9.73. The molecular weight excluding hydrogens is 234 g/mol. The molecule has 0 aromatic rings. The van der Waals surface area contributed by atoms with Crippen molar-refractivity contribution in [1.29, 1.82) is 0 Å². The summed E-state index contributed by atoms with van der Waals surface area (Å²) < 4.78 is 38.1. The van der Waals surface area contributed by atoms with Crippen LogP contribution < -0.4 is 0 Å². The third kappa shape index (κ3) is 336. The van der Waals surface area contributed by atoms with E-state index in [0.29, 0.717) is 0 Å². The molecule has 4 nitrogen and oxygen atoms in total. The van der Waals surface area contributed by atoms with Crippen molar-refractivity contribution < 1.29 is 45.0 Å². The summed E-state index contributed by atoms with van der Waals surface area (Å²) >= 11 is -4.10. The van der Waals surface area contributed by atoms with E-state index in [9.17, 15) is 10.7 Å². The van der Waals surface area contributed by atoms with Gasteiger partial charge in [-0.2, -0.15) is 0 Å². The normalized spacial score (nSPS) is 10.4. The van der Waals surface area contributed by atoms with Crippen molar-refractivity contribution in [1.82, 2.24) is 0 Å². The van der Waals surface area contributed by atoms with E-state index in [1.165, 1.54) is 0 Å². The molecule has 0 unspecified atom stereocenters. The molecule has 0 saturated heterocycles. The molecule has 0 heterocycles. The predicted octanol–water partition coefficient (Wildman–Crippen LogP) is -0.319. The Balaban J connectivity index is -0.0000000910. The summed E-state index contributed by atoms with van der Waals surface area (Å²) in [6, 6.07) is 0. The van der Waals surface area contributed by atoms with E-state index in [2.05, 4.69) is 0 Å². The van der Waals surface area contributed by atoms with Gasteiger partial charge in [0.05, 0.1) is 0 Å². The quantitative estimate of drug-likeness (QED) is 0.399. The Morgan fingerprint density at radius 2 is 1.10 bits per heavy atom. The SMILES string of the molecule is O=P(O)(O)O.[F][Co]([F])[F].[NaH]. The van der Waals surface area contributed by atoms with Crippen molar-refractivity contribution in [2.75, 3.05) is 0 Å². The van der Waals surface area contributed by atoms with E-state index >= 15 is 0 Å². The summed E-state index contributed by atoms with van der Waals surface area (Å²) in [7, 11) is -4.64. The zero-order chi connectivity index (χ0) is 8.08. The average molecular weight is 238 g/mol. The number of hydrogen-bond donors (Lipinski definition) is 3. The molecule has 0 atom stereocenters. The Hall–Kier alpha value is 1.41. The molecule has 10 heavy (non-hydrogen) atoms. The van der Waals surface area contributed by atoms with Crippen LogP contribution in [0.3, 0.4) is 0 Å². The molecule has 0 saturated carbocycles. The van der Waals surface area contributed by atoms with E-state index in [1.54, 1.807) is 0 Å². The third-order valence-corrected chi connectivity index (χ3v) is 0. The monoisotopic (exact) mass is 238 g/mol. The van der Waals surface area contributed by atoms with Crippen LogP contribution in [-0.2, 0) is 19.6 Å². The van der Waals surface area contributed by atoms with Crippen molar-refractivity contribution in [3.8, 4) is 0 Å². The molecule has 0 aliphatic rings. The summed E-state index contributed by atoms with van der Waals surface area (Å²) in [5, 5.41) is 0. The molecule has 0 fully saturated rings. The van der Waals surface area contributed by atoms with Gasteiger partial charge in [0, 0.05) is 0 Å². The van der Waals surface area contributed by atoms with Gasteiger partial charge in [0.1, 0.15) is 0 Å². The first-order valence-electron chi connectivity index (χ1n) is 1.16. The van der Waals surface area contributed by atoms with E-state index in [0.717, 1.165) is 0 Å². The van der Waals surface area contributed by atoms with Crippen LogP contribution >= 0.6 is 7.82 Å². The zero-order valence-electron chi connectivity index (χ0n) is 3.66. The Bertz CT molecular complexity index is 91.7. The molecule has 0 bridgehead atoms. The van der Waals surface area contributed by atoms with Gasteiger partial charge in [-0.05, 0) is 0 Å². The maximum atomic E-state index is 9.73. The second-order valence-electron chi connectivity index (χ2n) is 0.656. The predicted molar refractivity (Wildman–Crippen MR) is 24.7 cm³/mol. The molecule has 0 aliphatic carbocycles. The van der Waals surface area contributed by atoms with Crippen molar-refractivity contribution in [3.05, 3.63) is 0 Å². The van der Waals surface area contributed by atoms with Crippen molar-refractivity contribution in [3.63, 3.8) is 0 Å². The fourth-order valence-corrected chi connectivity index (χ4v) is 0. The summed E-state index contributed by atoms with van der Waals surface area (Å²) in [5.74, 6) is 0. The van der Waals surface area contributed by atoms with Gasteiger partial charge < -0.3 is 14.7 Å². The molecule has 10 heteroatoms. The van der Waals surface area contributed by atoms with Crippen LogP contribution in [0.2, 0.25) is 0 Å². The zero-order valence-corrected chi connectivity index (χ0v) is 5.60. The molecule has 0 rings (SSSR count). The number of halogens is 3. The van der Waals surface area contributed by atoms with Crippen LogP contribution in [0.5, 0.6) is 0 Å². The van der Waals surface area contributed by atoms with E-state index in [1.807, 2.05) is 0 Å². The van der Waals surface area contributed by atoms with Crippen molar-refractivity contribution in [2.45, 2.75) is 0 Å². The standard InChI is InChI=1S/Co.3FH.Na.H3O4P.H/c;;;;;1-5(2,3)4;/h;3*1H;;(H3,1,2,3,4);/q+3;;;;;;/p-3. The van der Waals surface area contributed by atoms with Crippen LogP contribution in [0.15, 0.2) is 0 Å². The Kier molecular flexibility index (Phi) is 14.9. The molecule has 0 radical (unpaired) electrons. The van der Waals surface area contributed by atoms with Crippen molar-refractivity contribution >= 4 is 37.4 Å². The van der Waals surface area contributed by atoms with Gasteiger partial charge in [0.25, 0.3) is 0 Å². The first-order valence-corrected chi connectivity index (χ1v) is 3.91. The first kappa shape index (κ1) is 17.5. The fourth-order valence-electron chi connectivity index (χ4n) is 0. The average Bonchev–Trinajstić information content (AvgIpc) is 1.19. The molecule has 0 aromatic carbocycles. The topological polar surface area (TPSA) is 77.8 Å². The Morgan fingerprint density at radius 1 is 1.10 bits per heavy atom. The minimum absolute atomic E-state index is 0. The molecule has 0 spiro atoms. The fraction of sp³-hybridized carbons (Fsp3) is 0. The van der Waals surface area contributed by atoms with Crippen molar-refractivity contribution in [2.24, 2.45) is 0 Å². The second-order valence-corrected chi connectivity index (χ2v) is 2.13. The number of rotatable bonds is 0. The number of hydrogen-bond acceptors (Lipinski definition) is 1. The van der Waals surface area contributed by atoms with Gasteiger partial charge in [-0.15, -0.1) is 0 Å². The molecule has 0 aliphatic heterocycles. The van der Waals surface area contributed by atoms with Crippen LogP contribution in [0.4, 0.5) is 10.7 Å². The summed E-state index contributed by atoms with van der Waals surface area (Å²) in [6.45, 7) is 0. The Labute approximate surface area is 82.1 Å². The first-order chi connectivity index (χ1) is 3.73. The summed E-state index contributed by atoms with van der Waals surface area (Å²) in [6.07, 6.45) is 0. The van der Waals surface area contributed by atoms with E-state index in [4.69, 9.17) is 19.2 Å². The van der Waals surface area contributed by atoms with Gasteiger partial charge in [0.15, 0.2) is 0 Å². The molecule has 64 valence electrons.